The summed E-state index contributed by atoms with van der Waals surface area (Å²) < 4.78 is 35.3. The highest BCUT2D eigenvalue weighted by atomic mass is 32.2. The van der Waals surface area contributed by atoms with Crippen LogP contribution in [0.1, 0.15) is 11.5 Å². The average Bonchev–Trinajstić information content (AvgIpc) is 2.81. The predicted molar refractivity (Wildman–Crippen MR) is 118 cm³/mol. The Kier molecular flexibility index (Phi) is 7.52. The monoisotopic (exact) mass is 441 g/mol. The van der Waals surface area contributed by atoms with Gasteiger partial charge in [0, 0.05) is 4.90 Å². The number of hydrogen-bond donors (Lipinski definition) is 0. The normalized spacial score (nSPS) is 14.9. The molecule has 7 heteroatoms. The van der Waals surface area contributed by atoms with Crippen LogP contribution in [0.3, 0.4) is 0 Å². The number of ether oxygens (including phenoxy) is 5. The van der Waals surface area contributed by atoms with Gasteiger partial charge in [-0.2, -0.15) is 0 Å². The van der Waals surface area contributed by atoms with Crippen molar-refractivity contribution in [2.45, 2.75) is 18.1 Å². The van der Waals surface area contributed by atoms with Gasteiger partial charge in [0.2, 0.25) is 13.2 Å². The molecule has 1 aliphatic heterocycles. The minimum atomic E-state index is 0.276. The molecule has 1 aromatic heterocycles. The minimum absolute atomic E-state index is 0.276. The van der Waals surface area contributed by atoms with E-state index in [1.165, 1.54) is 0 Å². The Balaban J connectivity index is 1.58. The lowest BCUT2D eigenvalue weighted by Crippen LogP contribution is -2.13. The SMILES string of the molecule is CSc1cc2[o+]c(c1)COc1ccccc1OCCOCCOc1ccccc1OC2. The molecule has 0 fully saturated rings. The fourth-order valence-corrected chi connectivity index (χ4v) is 3.54. The first-order valence-corrected chi connectivity index (χ1v) is 11.3. The standard InChI is InChI=1S/C24H25O6S/c1-31-20-14-18-16-28-23-8-4-2-6-21(23)26-12-10-25-11-13-27-22-7-3-5-9-24(22)29-17-19(15-20)30-18/h2-9,14-15H,10-13,16-17H2,1H3/q+1. The fraction of sp³-hybridized carbons (Fsp3) is 0.292. The van der Waals surface area contributed by atoms with E-state index in [0.717, 1.165) is 4.90 Å². The lowest BCUT2D eigenvalue weighted by atomic mass is 10.3. The maximum Gasteiger partial charge on any atom is 0.367 e. The minimum Gasteiger partial charge on any atom is -0.487 e. The summed E-state index contributed by atoms with van der Waals surface area (Å²) in [6, 6.07) is 19.1. The third-order valence-electron chi connectivity index (χ3n) is 4.51. The molecule has 0 saturated carbocycles. The molecule has 0 atom stereocenters. The molecule has 0 amide bonds. The zero-order valence-electron chi connectivity index (χ0n) is 17.4. The van der Waals surface area contributed by atoms with Crippen molar-refractivity contribution < 1.29 is 28.1 Å². The molecule has 0 N–H and O–H groups in total. The van der Waals surface area contributed by atoms with Gasteiger partial charge < -0.3 is 23.7 Å². The van der Waals surface area contributed by atoms with Crippen molar-refractivity contribution in [1.82, 2.24) is 0 Å². The quantitative estimate of drug-likeness (QED) is 0.379. The van der Waals surface area contributed by atoms with E-state index in [4.69, 9.17) is 28.1 Å². The van der Waals surface area contributed by atoms with Crippen LogP contribution < -0.4 is 18.9 Å². The fourth-order valence-electron chi connectivity index (χ4n) is 3.04. The second kappa shape index (κ2) is 10.9. The Hall–Kier alpha value is -2.90. The molecule has 0 radical (unpaired) electrons. The van der Waals surface area contributed by atoms with E-state index in [0.29, 0.717) is 60.9 Å². The first kappa shape index (κ1) is 21.3. The van der Waals surface area contributed by atoms with Crippen LogP contribution >= 0.6 is 11.8 Å². The van der Waals surface area contributed by atoms with Gasteiger partial charge in [0.15, 0.2) is 23.0 Å². The average molecular weight is 442 g/mol. The first-order chi connectivity index (χ1) is 15.3. The number of rotatable bonds is 1. The summed E-state index contributed by atoms with van der Waals surface area (Å²) in [5.41, 5.74) is 0. The number of hydrogen-bond acceptors (Lipinski definition) is 6. The van der Waals surface area contributed by atoms with Gasteiger partial charge in [-0.25, -0.2) is 4.42 Å². The summed E-state index contributed by atoms with van der Waals surface area (Å²) in [5, 5.41) is 0. The summed E-state index contributed by atoms with van der Waals surface area (Å²) in [5.74, 6) is 4.05. The summed E-state index contributed by atoms with van der Waals surface area (Å²) in [6.45, 7) is 2.28. The van der Waals surface area contributed by atoms with Gasteiger partial charge >= 0.3 is 11.5 Å². The van der Waals surface area contributed by atoms with Crippen molar-refractivity contribution in [3.8, 4) is 23.0 Å². The van der Waals surface area contributed by atoms with Crippen molar-refractivity contribution in [2.75, 3.05) is 32.7 Å². The Bertz CT molecular complexity index is 920. The summed E-state index contributed by atoms with van der Waals surface area (Å²) in [7, 11) is 0. The van der Waals surface area contributed by atoms with Gasteiger partial charge in [0.1, 0.15) is 13.2 Å². The molecule has 2 heterocycles. The third kappa shape index (κ3) is 6.06. The molecular weight excluding hydrogens is 416 g/mol. The van der Waals surface area contributed by atoms with Crippen LogP contribution in [0.5, 0.6) is 23.0 Å². The van der Waals surface area contributed by atoms with Gasteiger partial charge in [0.25, 0.3) is 0 Å². The molecule has 6 nitrogen and oxygen atoms in total. The van der Waals surface area contributed by atoms with Crippen LogP contribution in [0.4, 0.5) is 0 Å². The largest absolute Gasteiger partial charge is 0.487 e. The van der Waals surface area contributed by atoms with E-state index in [1.807, 2.05) is 66.9 Å². The van der Waals surface area contributed by atoms with E-state index in [-0.39, 0.29) is 13.2 Å². The van der Waals surface area contributed by atoms with Crippen LogP contribution in [0.2, 0.25) is 0 Å². The highest BCUT2D eigenvalue weighted by molar-refractivity contribution is 7.98. The molecular formula is C24H25O6S+. The summed E-state index contributed by atoms with van der Waals surface area (Å²) in [6.07, 6.45) is 2.03. The van der Waals surface area contributed by atoms with Gasteiger partial charge in [-0.1, -0.05) is 24.3 Å². The summed E-state index contributed by atoms with van der Waals surface area (Å²) >= 11 is 1.64. The third-order valence-corrected chi connectivity index (χ3v) is 5.22. The van der Waals surface area contributed by atoms with Gasteiger partial charge in [-0.05, 0) is 30.5 Å². The molecule has 2 bridgehead atoms. The van der Waals surface area contributed by atoms with E-state index < -0.39 is 0 Å². The van der Waals surface area contributed by atoms with Crippen molar-refractivity contribution in [3.63, 3.8) is 0 Å². The van der Waals surface area contributed by atoms with Gasteiger partial charge in [-0.3, -0.25) is 0 Å². The zero-order chi connectivity index (χ0) is 21.3. The number of fused-ring (bicyclic) bond motifs is 4. The van der Waals surface area contributed by atoms with Crippen molar-refractivity contribution in [1.29, 1.82) is 0 Å². The van der Waals surface area contributed by atoms with Crippen molar-refractivity contribution in [2.24, 2.45) is 0 Å². The number of thioether (sulfide) groups is 1. The topological polar surface area (TPSA) is 57.5 Å². The summed E-state index contributed by atoms with van der Waals surface area (Å²) in [4.78, 5) is 1.07. The second-order valence-corrected chi connectivity index (χ2v) is 7.59. The van der Waals surface area contributed by atoms with Crippen LogP contribution in [0, 0.1) is 0 Å². The van der Waals surface area contributed by atoms with Gasteiger partial charge in [0.05, 0.1) is 25.3 Å². The maximum atomic E-state index is 6.03. The Morgan fingerprint density at radius 3 is 1.55 bits per heavy atom. The molecule has 4 rings (SSSR count). The predicted octanol–water partition coefficient (Wildman–Crippen LogP) is 5.23. The molecule has 0 saturated heterocycles. The van der Waals surface area contributed by atoms with Crippen LogP contribution in [-0.4, -0.2) is 32.7 Å². The molecule has 162 valence electrons. The molecule has 0 spiro atoms. The lowest BCUT2D eigenvalue weighted by Gasteiger charge is -2.13. The molecule has 0 aliphatic carbocycles. The molecule has 0 unspecified atom stereocenters. The zero-order valence-corrected chi connectivity index (χ0v) is 18.2. The maximum absolute atomic E-state index is 6.03. The highest BCUT2D eigenvalue weighted by Gasteiger charge is 2.19. The second-order valence-electron chi connectivity index (χ2n) is 6.71. The molecule has 3 aromatic rings. The van der Waals surface area contributed by atoms with E-state index in [9.17, 15) is 0 Å². The van der Waals surface area contributed by atoms with Gasteiger partial charge in [-0.15, -0.1) is 11.8 Å². The number of benzene rings is 2. The smallest absolute Gasteiger partial charge is 0.367 e. The lowest BCUT2D eigenvalue weighted by molar-refractivity contribution is 0.0740. The Morgan fingerprint density at radius 2 is 1.10 bits per heavy atom. The van der Waals surface area contributed by atoms with E-state index >= 15 is 0 Å². The van der Waals surface area contributed by atoms with E-state index in [2.05, 4.69) is 0 Å². The molecule has 1 aliphatic rings. The van der Waals surface area contributed by atoms with Crippen LogP contribution in [0.15, 0.2) is 70.0 Å². The number of para-hydroxylation sites is 4. The Morgan fingerprint density at radius 1 is 0.645 bits per heavy atom. The van der Waals surface area contributed by atoms with E-state index in [1.54, 1.807) is 11.8 Å². The first-order valence-electron chi connectivity index (χ1n) is 10.1. The van der Waals surface area contributed by atoms with Crippen molar-refractivity contribution in [3.05, 3.63) is 72.2 Å². The molecule has 31 heavy (non-hydrogen) atoms. The highest BCUT2D eigenvalue weighted by Crippen LogP contribution is 2.30. The Labute approximate surface area is 186 Å². The van der Waals surface area contributed by atoms with Crippen molar-refractivity contribution >= 4 is 11.8 Å². The van der Waals surface area contributed by atoms with Crippen LogP contribution in [-0.2, 0) is 18.0 Å². The molecule has 2 aromatic carbocycles. The van der Waals surface area contributed by atoms with Crippen LogP contribution in [0.25, 0.3) is 0 Å².